The minimum atomic E-state index is -4.24. The number of carbonyl (C=O) groups is 2. The summed E-state index contributed by atoms with van der Waals surface area (Å²) in [6.07, 6.45) is 0. The van der Waals surface area contributed by atoms with Crippen LogP contribution >= 0.6 is 0 Å². The molecule has 2 amide bonds. The van der Waals surface area contributed by atoms with Crippen molar-refractivity contribution in [1.82, 2.24) is 10.2 Å². The number of rotatable bonds is 12. The minimum absolute atomic E-state index is 0.00673. The number of sulfonamides is 1. The number of ether oxygens (including phenoxy) is 1. The van der Waals surface area contributed by atoms with E-state index in [-0.39, 0.29) is 34.7 Å². The van der Waals surface area contributed by atoms with E-state index in [2.05, 4.69) is 5.32 Å². The molecule has 0 radical (unpaired) electrons. The Bertz CT molecular complexity index is 1460. The fourth-order valence-corrected chi connectivity index (χ4v) is 5.58. The van der Waals surface area contributed by atoms with E-state index in [1.807, 2.05) is 27.7 Å². The highest BCUT2D eigenvalue weighted by Gasteiger charge is 2.34. The van der Waals surface area contributed by atoms with Crippen LogP contribution in [0.2, 0.25) is 0 Å². The van der Waals surface area contributed by atoms with Crippen molar-refractivity contribution in [3.05, 3.63) is 89.2 Å². The number of carbonyl (C=O) groups excluding carboxylic acids is 2. The first-order valence-electron chi connectivity index (χ1n) is 13.4. The summed E-state index contributed by atoms with van der Waals surface area (Å²) in [6.45, 7) is 8.94. The van der Waals surface area contributed by atoms with Crippen molar-refractivity contribution in [3.8, 4) is 5.75 Å². The van der Waals surface area contributed by atoms with Crippen LogP contribution in [0.15, 0.2) is 71.6 Å². The molecule has 0 spiro atoms. The van der Waals surface area contributed by atoms with Crippen LogP contribution in [0.5, 0.6) is 5.75 Å². The molecule has 0 bridgehead atoms. The molecule has 3 aromatic rings. The molecule has 1 atom stereocenters. The molecule has 0 fully saturated rings. The zero-order chi connectivity index (χ0) is 30.3. The van der Waals surface area contributed by atoms with E-state index in [4.69, 9.17) is 4.74 Å². The van der Waals surface area contributed by atoms with Gasteiger partial charge >= 0.3 is 0 Å². The largest absolute Gasteiger partial charge is 0.495 e. The molecule has 3 rings (SSSR count). The van der Waals surface area contributed by atoms with Crippen molar-refractivity contribution in [2.24, 2.45) is 5.92 Å². The Labute approximate surface area is 242 Å². The van der Waals surface area contributed by atoms with Gasteiger partial charge in [0.2, 0.25) is 11.8 Å². The molecule has 3 aromatic carbocycles. The van der Waals surface area contributed by atoms with Gasteiger partial charge in [0.05, 0.1) is 17.7 Å². The van der Waals surface area contributed by atoms with Gasteiger partial charge in [0.15, 0.2) is 0 Å². The molecule has 0 heterocycles. The Morgan fingerprint density at radius 3 is 2.12 bits per heavy atom. The number of nitrogens with one attached hydrogen (secondary N) is 1. The van der Waals surface area contributed by atoms with E-state index in [1.165, 1.54) is 48.4 Å². The summed E-state index contributed by atoms with van der Waals surface area (Å²) in [5.74, 6) is -0.963. The van der Waals surface area contributed by atoms with Crippen molar-refractivity contribution in [2.75, 3.05) is 24.5 Å². The maximum atomic E-state index is 14.0. The van der Waals surface area contributed by atoms with Gasteiger partial charge in [-0.25, -0.2) is 12.8 Å². The number of aryl methyl sites for hydroxylation is 2. The van der Waals surface area contributed by atoms with E-state index in [9.17, 15) is 22.4 Å². The molecule has 220 valence electrons. The van der Waals surface area contributed by atoms with Gasteiger partial charge in [0.25, 0.3) is 10.0 Å². The zero-order valence-electron chi connectivity index (χ0n) is 24.3. The van der Waals surface area contributed by atoms with Crippen LogP contribution in [0.1, 0.15) is 37.5 Å². The molecule has 10 heteroatoms. The first kappa shape index (κ1) is 31.6. The summed E-state index contributed by atoms with van der Waals surface area (Å²) in [6, 6.07) is 16.1. The van der Waals surface area contributed by atoms with Crippen LogP contribution in [0, 0.1) is 25.6 Å². The van der Waals surface area contributed by atoms with E-state index >= 15 is 0 Å². The first-order valence-corrected chi connectivity index (χ1v) is 14.8. The lowest BCUT2D eigenvalue weighted by Gasteiger charge is -2.32. The number of benzene rings is 3. The number of hydrogen-bond acceptors (Lipinski definition) is 5. The van der Waals surface area contributed by atoms with Crippen LogP contribution in [0.3, 0.4) is 0 Å². The number of amides is 2. The van der Waals surface area contributed by atoms with E-state index in [0.29, 0.717) is 12.1 Å². The average molecular weight is 584 g/mol. The quantitative estimate of drug-likeness (QED) is 0.329. The molecular weight excluding hydrogens is 545 g/mol. The third-order valence-electron chi connectivity index (χ3n) is 6.61. The molecule has 1 N–H and O–H groups in total. The van der Waals surface area contributed by atoms with Crippen molar-refractivity contribution in [1.29, 1.82) is 0 Å². The topological polar surface area (TPSA) is 96.0 Å². The highest BCUT2D eigenvalue weighted by atomic mass is 32.2. The summed E-state index contributed by atoms with van der Waals surface area (Å²) >= 11 is 0. The Kier molecular flexibility index (Phi) is 10.5. The second kappa shape index (κ2) is 13.6. The van der Waals surface area contributed by atoms with Crippen LogP contribution in [-0.4, -0.2) is 51.4 Å². The summed E-state index contributed by atoms with van der Waals surface area (Å²) in [7, 11) is -2.81. The summed E-state index contributed by atoms with van der Waals surface area (Å²) < 4.78 is 48.2. The van der Waals surface area contributed by atoms with Crippen LogP contribution in [0.4, 0.5) is 10.1 Å². The monoisotopic (exact) mass is 583 g/mol. The third kappa shape index (κ3) is 8.07. The predicted molar refractivity (Wildman–Crippen MR) is 158 cm³/mol. The number of halogens is 1. The van der Waals surface area contributed by atoms with Gasteiger partial charge in [-0.05, 0) is 74.2 Å². The standard InChI is InChI=1S/C31H38FN3O5S/c1-21(2)18-33-31(37)24(5)34(19-25-10-12-26(32)13-11-25)30(36)20-35(28-17-23(4)9-16-29(28)40-6)41(38,39)27-14-7-22(3)8-15-27/h7-17,21,24H,18-20H2,1-6H3,(H,33,37)/t24-/m0/s1. The van der Waals surface area contributed by atoms with Crippen molar-refractivity contribution < 1.29 is 27.1 Å². The van der Waals surface area contributed by atoms with Gasteiger partial charge in [0.1, 0.15) is 24.2 Å². The molecular formula is C31H38FN3O5S. The molecule has 0 aromatic heterocycles. The summed E-state index contributed by atoms with van der Waals surface area (Å²) in [5, 5.41) is 2.84. The Morgan fingerprint density at radius 1 is 0.927 bits per heavy atom. The normalized spacial score (nSPS) is 12.1. The van der Waals surface area contributed by atoms with Gasteiger partial charge in [-0.15, -0.1) is 0 Å². The maximum absolute atomic E-state index is 14.0. The summed E-state index contributed by atoms with van der Waals surface area (Å²) in [5.41, 5.74) is 2.43. The van der Waals surface area contributed by atoms with Gasteiger partial charge in [-0.1, -0.05) is 49.7 Å². The number of nitrogens with zero attached hydrogens (tertiary/aromatic N) is 2. The Hall–Kier alpha value is -3.92. The fourth-order valence-electron chi connectivity index (χ4n) is 4.17. The maximum Gasteiger partial charge on any atom is 0.264 e. The first-order chi connectivity index (χ1) is 19.3. The Morgan fingerprint density at radius 2 is 1.54 bits per heavy atom. The highest BCUT2D eigenvalue weighted by Crippen LogP contribution is 2.34. The molecule has 0 aliphatic rings. The van der Waals surface area contributed by atoms with Crippen molar-refractivity contribution >= 4 is 27.5 Å². The molecule has 0 saturated heterocycles. The van der Waals surface area contributed by atoms with Crippen molar-refractivity contribution in [2.45, 2.75) is 52.1 Å². The number of anilines is 1. The van der Waals surface area contributed by atoms with Gasteiger partial charge in [0, 0.05) is 13.1 Å². The molecule has 8 nitrogen and oxygen atoms in total. The highest BCUT2D eigenvalue weighted by molar-refractivity contribution is 7.92. The van der Waals surface area contributed by atoms with Crippen LogP contribution < -0.4 is 14.4 Å². The molecule has 0 saturated carbocycles. The lowest BCUT2D eigenvalue weighted by atomic mass is 10.1. The predicted octanol–water partition coefficient (Wildman–Crippen LogP) is 4.84. The Balaban J connectivity index is 2.08. The zero-order valence-corrected chi connectivity index (χ0v) is 25.2. The third-order valence-corrected chi connectivity index (χ3v) is 8.38. The second-order valence-corrected chi connectivity index (χ2v) is 12.3. The number of methoxy groups -OCH3 is 1. The van der Waals surface area contributed by atoms with Crippen molar-refractivity contribution in [3.63, 3.8) is 0 Å². The van der Waals surface area contributed by atoms with E-state index in [1.54, 1.807) is 37.3 Å². The fraction of sp³-hybridized carbons (Fsp3) is 0.355. The van der Waals surface area contributed by atoms with Crippen LogP contribution in [0.25, 0.3) is 0 Å². The van der Waals surface area contributed by atoms with E-state index < -0.39 is 34.3 Å². The molecule has 41 heavy (non-hydrogen) atoms. The van der Waals surface area contributed by atoms with E-state index in [0.717, 1.165) is 15.4 Å². The molecule has 0 aliphatic carbocycles. The number of hydrogen-bond donors (Lipinski definition) is 1. The molecule has 0 unspecified atom stereocenters. The van der Waals surface area contributed by atoms with Gasteiger partial charge in [-0.2, -0.15) is 0 Å². The second-order valence-electron chi connectivity index (χ2n) is 10.5. The molecule has 0 aliphatic heterocycles. The van der Waals surface area contributed by atoms with Gasteiger partial charge < -0.3 is 15.0 Å². The van der Waals surface area contributed by atoms with Crippen LogP contribution in [-0.2, 0) is 26.2 Å². The lowest BCUT2D eigenvalue weighted by Crippen LogP contribution is -2.51. The van der Waals surface area contributed by atoms with Gasteiger partial charge in [-0.3, -0.25) is 13.9 Å². The minimum Gasteiger partial charge on any atom is -0.495 e. The smallest absolute Gasteiger partial charge is 0.264 e. The lowest BCUT2D eigenvalue weighted by molar-refractivity contribution is -0.139. The summed E-state index contributed by atoms with van der Waals surface area (Å²) in [4.78, 5) is 28.4. The average Bonchev–Trinajstić information content (AvgIpc) is 2.93. The SMILES string of the molecule is COc1ccc(C)cc1N(CC(=O)N(Cc1ccc(F)cc1)[C@@H](C)C(=O)NCC(C)C)S(=O)(=O)c1ccc(C)cc1.